The van der Waals surface area contributed by atoms with Crippen LogP contribution >= 0.6 is 0 Å². The topological polar surface area (TPSA) is 66.8 Å². The van der Waals surface area contributed by atoms with Crippen molar-refractivity contribution in [3.05, 3.63) is 0 Å². The zero-order valence-electron chi connectivity index (χ0n) is 9.84. The maximum atomic E-state index is 12.3. The average Bonchev–Trinajstić information content (AvgIpc) is 2.84. The minimum absolute atomic E-state index is 0.197. The highest BCUT2D eigenvalue weighted by Gasteiger charge is 2.36. The predicted octanol–water partition coefficient (Wildman–Crippen LogP) is 1.06. The van der Waals surface area contributed by atoms with E-state index in [2.05, 4.69) is 4.99 Å². The van der Waals surface area contributed by atoms with E-state index in [4.69, 9.17) is 0 Å². The van der Waals surface area contributed by atoms with Crippen molar-refractivity contribution in [3.63, 3.8) is 0 Å². The normalized spacial score (nSPS) is 27.9. The fourth-order valence-electron chi connectivity index (χ4n) is 2.73. The molecule has 1 saturated carbocycles. The van der Waals surface area contributed by atoms with E-state index in [0.29, 0.717) is 13.1 Å². The lowest BCUT2D eigenvalue weighted by Crippen LogP contribution is -2.45. The third-order valence-corrected chi connectivity index (χ3v) is 6.04. The van der Waals surface area contributed by atoms with Gasteiger partial charge in [-0.05, 0) is 25.7 Å². The lowest BCUT2D eigenvalue weighted by atomic mass is 10.1. The van der Waals surface area contributed by atoms with Gasteiger partial charge in [0.2, 0.25) is 16.1 Å². The molecule has 1 aliphatic heterocycles. The Morgan fingerprint density at radius 1 is 1.12 bits per heavy atom. The molecule has 2 aliphatic rings. The van der Waals surface area contributed by atoms with E-state index in [-0.39, 0.29) is 11.3 Å². The molecule has 0 bridgehead atoms. The van der Waals surface area contributed by atoms with Crippen molar-refractivity contribution in [1.82, 2.24) is 4.31 Å². The van der Waals surface area contributed by atoms with Gasteiger partial charge in [-0.15, -0.1) is 0 Å². The summed E-state index contributed by atoms with van der Waals surface area (Å²) in [6.45, 7) is 0.928. The molecule has 0 aromatic rings. The molecule has 0 aromatic heterocycles. The van der Waals surface area contributed by atoms with Crippen LogP contribution in [0, 0.1) is 0 Å². The summed E-state index contributed by atoms with van der Waals surface area (Å²) in [4.78, 5) is 13.9. The first-order valence-corrected chi connectivity index (χ1v) is 7.71. The number of hydrogen-bond donors (Lipinski definition) is 0. The molecular weight excluding hydrogens is 240 g/mol. The van der Waals surface area contributed by atoms with Gasteiger partial charge < -0.3 is 0 Å². The molecule has 17 heavy (non-hydrogen) atoms. The standard InChI is InChI=1S/C11H18N2O3S/c14-9-12-10-4-3-7-13(8-10)17(15,16)11-5-1-2-6-11/h10-11H,1-8H2. The van der Waals surface area contributed by atoms with Crippen molar-refractivity contribution in [2.24, 2.45) is 4.99 Å². The highest BCUT2D eigenvalue weighted by molar-refractivity contribution is 7.89. The lowest BCUT2D eigenvalue weighted by molar-refractivity contribution is 0.313. The Hall–Kier alpha value is -0.710. The summed E-state index contributed by atoms with van der Waals surface area (Å²) in [5.74, 6) is 0. The zero-order valence-corrected chi connectivity index (χ0v) is 10.7. The first kappa shape index (κ1) is 12.7. The van der Waals surface area contributed by atoms with Crippen molar-refractivity contribution in [2.75, 3.05) is 13.1 Å². The van der Waals surface area contributed by atoms with Gasteiger partial charge in [-0.25, -0.2) is 18.2 Å². The van der Waals surface area contributed by atoms with E-state index in [0.717, 1.165) is 38.5 Å². The Kier molecular flexibility index (Phi) is 3.97. The highest BCUT2D eigenvalue weighted by Crippen LogP contribution is 2.29. The quantitative estimate of drug-likeness (QED) is 0.561. The summed E-state index contributed by atoms with van der Waals surface area (Å²) < 4.78 is 26.2. The van der Waals surface area contributed by atoms with Gasteiger partial charge in [0.25, 0.3) is 0 Å². The van der Waals surface area contributed by atoms with Crippen molar-refractivity contribution in [2.45, 2.75) is 49.8 Å². The van der Waals surface area contributed by atoms with E-state index in [1.54, 1.807) is 0 Å². The Morgan fingerprint density at radius 2 is 1.82 bits per heavy atom. The first-order valence-electron chi connectivity index (χ1n) is 6.20. The number of aliphatic imine (C=N–C) groups is 1. The maximum absolute atomic E-state index is 12.3. The Morgan fingerprint density at radius 3 is 2.47 bits per heavy atom. The van der Waals surface area contributed by atoms with Gasteiger partial charge in [0.15, 0.2) is 0 Å². The second-order valence-corrected chi connectivity index (χ2v) is 7.04. The van der Waals surface area contributed by atoms with E-state index in [1.807, 2.05) is 0 Å². The van der Waals surface area contributed by atoms with Crippen LogP contribution in [0.2, 0.25) is 0 Å². The third-order valence-electron chi connectivity index (χ3n) is 3.68. The molecule has 2 fully saturated rings. The summed E-state index contributed by atoms with van der Waals surface area (Å²) in [5.41, 5.74) is 0. The first-order chi connectivity index (χ1) is 8.14. The maximum Gasteiger partial charge on any atom is 0.235 e. The summed E-state index contributed by atoms with van der Waals surface area (Å²) in [6.07, 6.45) is 6.67. The van der Waals surface area contributed by atoms with Crippen LogP contribution < -0.4 is 0 Å². The Labute approximate surface area is 102 Å². The second-order valence-electron chi connectivity index (χ2n) is 4.83. The predicted molar refractivity (Wildman–Crippen MR) is 63.9 cm³/mol. The number of isocyanates is 1. The SMILES string of the molecule is O=C=NC1CCCN(S(=O)(=O)C2CCCC2)C1. The van der Waals surface area contributed by atoms with Gasteiger partial charge in [-0.2, -0.15) is 4.31 Å². The number of hydrogen-bond acceptors (Lipinski definition) is 4. The Balaban J connectivity index is 2.07. The van der Waals surface area contributed by atoms with Crippen molar-refractivity contribution < 1.29 is 13.2 Å². The lowest BCUT2D eigenvalue weighted by Gasteiger charge is -2.31. The van der Waals surface area contributed by atoms with E-state index >= 15 is 0 Å². The van der Waals surface area contributed by atoms with Crippen LogP contribution in [-0.4, -0.2) is 43.2 Å². The molecule has 2 rings (SSSR count). The van der Waals surface area contributed by atoms with Crippen LogP contribution in [-0.2, 0) is 14.8 Å². The highest BCUT2D eigenvalue weighted by atomic mass is 32.2. The van der Waals surface area contributed by atoms with E-state index in [1.165, 1.54) is 10.4 Å². The number of rotatable bonds is 3. The molecule has 1 heterocycles. The van der Waals surface area contributed by atoms with Gasteiger partial charge in [0.1, 0.15) is 0 Å². The van der Waals surface area contributed by atoms with Crippen LogP contribution in [0.1, 0.15) is 38.5 Å². The minimum atomic E-state index is -3.17. The van der Waals surface area contributed by atoms with Crippen LogP contribution in [0.4, 0.5) is 0 Å². The van der Waals surface area contributed by atoms with Crippen LogP contribution in [0.3, 0.4) is 0 Å². The fourth-order valence-corrected chi connectivity index (χ4v) is 4.84. The average molecular weight is 258 g/mol. The number of sulfonamides is 1. The molecule has 5 nitrogen and oxygen atoms in total. The molecule has 0 radical (unpaired) electrons. The summed E-state index contributed by atoms with van der Waals surface area (Å²) >= 11 is 0. The van der Waals surface area contributed by atoms with Crippen molar-refractivity contribution in [3.8, 4) is 0 Å². The zero-order chi connectivity index (χ0) is 12.3. The molecular formula is C11H18N2O3S. The largest absolute Gasteiger partial charge is 0.235 e. The van der Waals surface area contributed by atoms with Gasteiger partial charge in [-0.3, -0.25) is 0 Å². The molecule has 1 aliphatic carbocycles. The second kappa shape index (κ2) is 5.29. The molecule has 96 valence electrons. The van der Waals surface area contributed by atoms with Crippen LogP contribution in [0.15, 0.2) is 4.99 Å². The molecule has 1 saturated heterocycles. The van der Waals surface area contributed by atoms with Gasteiger partial charge in [-0.1, -0.05) is 12.8 Å². The monoisotopic (exact) mass is 258 g/mol. The van der Waals surface area contributed by atoms with Crippen LogP contribution in [0.5, 0.6) is 0 Å². The third kappa shape index (κ3) is 2.76. The van der Waals surface area contributed by atoms with E-state index in [9.17, 15) is 13.2 Å². The van der Waals surface area contributed by atoms with Crippen molar-refractivity contribution >= 4 is 16.1 Å². The Bertz CT molecular complexity index is 408. The molecule has 0 spiro atoms. The number of nitrogens with zero attached hydrogens (tertiary/aromatic N) is 2. The summed E-state index contributed by atoms with van der Waals surface area (Å²) in [7, 11) is -3.17. The summed E-state index contributed by atoms with van der Waals surface area (Å²) in [6, 6.07) is -0.197. The van der Waals surface area contributed by atoms with Gasteiger partial charge in [0.05, 0.1) is 11.3 Å². The summed E-state index contributed by atoms with van der Waals surface area (Å²) in [5, 5.41) is -0.207. The molecule has 0 amide bonds. The number of carbonyl (C=O) groups excluding carboxylic acids is 1. The molecule has 0 N–H and O–H groups in total. The number of piperidine rings is 1. The molecule has 0 aromatic carbocycles. The van der Waals surface area contributed by atoms with Gasteiger partial charge in [0, 0.05) is 13.1 Å². The minimum Gasteiger partial charge on any atom is -0.212 e. The van der Waals surface area contributed by atoms with Crippen LogP contribution in [0.25, 0.3) is 0 Å². The van der Waals surface area contributed by atoms with Gasteiger partial charge >= 0.3 is 0 Å². The fraction of sp³-hybridized carbons (Fsp3) is 0.909. The smallest absolute Gasteiger partial charge is 0.212 e. The molecule has 1 unspecified atom stereocenters. The molecule has 1 atom stereocenters. The molecule has 6 heteroatoms. The van der Waals surface area contributed by atoms with Crippen molar-refractivity contribution in [1.29, 1.82) is 0 Å². The van der Waals surface area contributed by atoms with E-state index < -0.39 is 10.0 Å².